The molecular formula is C19H19F3N2O2. The summed E-state index contributed by atoms with van der Waals surface area (Å²) in [7, 11) is 3.72. The molecule has 0 aliphatic carbocycles. The first-order chi connectivity index (χ1) is 12.2. The van der Waals surface area contributed by atoms with Gasteiger partial charge in [-0.15, -0.1) is 0 Å². The molecule has 0 saturated heterocycles. The summed E-state index contributed by atoms with van der Waals surface area (Å²) in [6, 6.07) is 10.5. The molecule has 0 fully saturated rings. The Labute approximate surface area is 149 Å². The lowest BCUT2D eigenvalue weighted by atomic mass is 10.1. The minimum Gasteiger partial charge on any atom is -0.322 e. The largest absolute Gasteiger partial charge is 0.416 e. The van der Waals surface area contributed by atoms with E-state index in [0.29, 0.717) is 24.2 Å². The molecule has 2 rings (SSSR count). The number of Topliss-reactive ketones (excluding diaryl/α,β-unsaturated/α-hetero) is 1. The fourth-order valence-corrected chi connectivity index (χ4v) is 2.28. The molecule has 0 heterocycles. The van der Waals surface area contributed by atoms with Crippen molar-refractivity contribution in [2.45, 2.75) is 12.6 Å². The van der Waals surface area contributed by atoms with Crippen LogP contribution in [0.3, 0.4) is 0 Å². The highest BCUT2D eigenvalue weighted by molar-refractivity contribution is 6.05. The lowest BCUT2D eigenvalue weighted by molar-refractivity contribution is -0.137. The fourth-order valence-electron chi connectivity index (χ4n) is 2.28. The zero-order valence-electron chi connectivity index (χ0n) is 14.4. The Kier molecular flexibility index (Phi) is 6.15. The fraction of sp³-hybridized carbons (Fsp3) is 0.263. The molecule has 0 bridgehead atoms. The molecule has 0 spiro atoms. The second kappa shape index (κ2) is 8.14. The van der Waals surface area contributed by atoms with Crippen LogP contribution in [0.15, 0.2) is 48.5 Å². The van der Waals surface area contributed by atoms with Crippen LogP contribution in [0.1, 0.15) is 32.7 Å². The number of nitrogens with zero attached hydrogens (tertiary/aromatic N) is 1. The topological polar surface area (TPSA) is 49.4 Å². The second-order valence-corrected chi connectivity index (χ2v) is 6.09. The SMILES string of the molecule is CN(C)CCC(=O)c1cccc(NC(=O)c2cccc(C(F)(F)F)c2)c1. The molecule has 2 aromatic carbocycles. The molecule has 7 heteroatoms. The van der Waals surface area contributed by atoms with Crippen LogP contribution in [0.4, 0.5) is 18.9 Å². The van der Waals surface area contributed by atoms with Crippen molar-refractivity contribution < 1.29 is 22.8 Å². The van der Waals surface area contributed by atoms with Crippen LogP contribution < -0.4 is 5.32 Å². The number of nitrogens with one attached hydrogen (secondary N) is 1. The highest BCUT2D eigenvalue weighted by Gasteiger charge is 2.30. The van der Waals surface area contributed by atoms with Crippen LogP contribution in [-0.4, -0.2) is 37.2 Å². The third-order valence-electron chi connectivity index (χ3n) is 3.68. The van der Waals surface area contributed by atoms with Crippen molar-refractivity contribution in [1.29, 1.82) is 0 Å². The maximum absolute atomic E-state index is 12.8. The lowest BCUT2D eigenvalue weighted by Gasteiger charge is -2.11. The highest BCUT2D eigenvalue weighted by Crippen LogP contribution is 2.29. The van der Waals surface area contributed by atoms with E-state index < -0.39 is 17.6 Å². The van der Waals surface area contributed by atoms with Gasteiger partial charge in [-0.2, -0.15) is 13.2 Å². The second-order valence-electron chi connectivity index (χ2n) is 6.09. The summed E-state index contributed by atoms with van der Waals surface area (Å²) in [6.07, 6.45) is -4.19. The van der Waals surface area contributed by atoms with E-state index in [0.717, 1.165) is 12.1 Å². The third-order valence-corrected chi connectivity index (χ3v) is 3.68. The van der Waals surface area contributed by atoms with Crippen molar-refractivity contribution in [3.8, 4) is 0 Å². The van der Waals surface area contributed by atoms with E-state index >= 15 is 0 Å². The average Bonchev–Trinajstić information content (AvgIpc) is 2.59. The van der Waals surface area contributed by atoms with Gasteiger partial charge in [-0.3, -0.25) is 9.59 Å². The maximum Gasteiger partial charge on any atom is 0.416 e. The van der Waals surface area contributed by atoms with E-state index in [9.17, 15) is 22.8 Å². The molecule has 0 saturated carbocycles. The van der Waals surface area contributed by atoms with Crippen molar-refractivity contribution in [3.05, 3.63) is 65.2 Å². The van der Waals surface area contributed by atoms with Gasteiger partial charge in [0.2, 0.25) is 0 Å². The Hall–Kier alpha value is -2.67. The minimum absolute atomic E-state index is 0.0751. The first kappa shape index (κ1) is 19.7. The molecular weight excluding hydrogens is 345 g/mol. The van der Waals surface area contributed by atoms with Crippen LogP contribution in [-0.2, 0) is 6.18 Å². The van der Waals surface area contributed by atoms with E-state index in [2.05, 4.69) is 5.32 Å². The van der Waals surface area contributed by atoms with Gasteiger partial charge in [-0.05, 0) is 44.4 Å². The number of benzene rings is 2. The lowest BCUT2D eigenvalue weighted by Crippen LogP contribution is -2.17. The monoisotopic (exact) mass is 364 g/mol. The first-order valence-electron chi connectivity index (χ1n) is 7.93. The van der Waals surface area contributed by atoms with Crippen LogP contribution >= 0.6 is 0 Å². The van der Waals surface area contributed by atoms with E-state index in [1.54, 1.807) is 18.2 Å². The summed E-state index contributed by atoms with van der Waals surface area (Å²) in [5.41, 5.74) is -0.210. The van der Waals surface area contributed by atoms with Gasteiger partial charge in [0.25, 0.3) is 5.91 Å². The molecule has 0 atom stereocenters. The highest BCUT2D eigenvalue weighted by atomic mass is 19.4. The van der Waals surface area contributed by atoms with Gasteiger partial charge in [0.15, 0.2) is 5.78 Å². The average molecular weight is 364 g/mol. The predicted octanol–water partition coefficient (Wildman–Crippen LogP) is 4.09. The smallest absolute Gasteiger partial charge is 0.322 e. The number of hydrogen-bond donors (Lipinski definition) is 1. The number of ketones is 1. The van der Waals surface area contributed by atoms with Gasteiger partial charge < -0.3 is 10.2 Å². The molecule has 0 aliphatic heterocycles. The van der Waals surface area contributed by atoms with E-state index in [4.69, 9.17) is 0 Å². The van der Waals surface area contributed by atoms with Crippen molar-refractivity contribution in [1.82, 2.24) is 4.90 Å². The molecule has 0 aliphatic rings. The number of amides is 1. The Morgan fingerprint density at radius 3 is 2.31 bits per heavy atom. The van der Waals surface area contributed by atoms with E-state index in [1.165, 1.54) is 18.2 Å². The van der Waals surface area contributed by atoms with Gasteiger partial charge in [0.05, 0.1) is 5.56 Å². The van der Waals surface area contributed by atoms with E-state index in [1.807, 2.05) is 19.0 Å². The number of hydrogen-bond acceptors (Lipinski definition) is 3. The Morgan fingerprint density at radius 2 is 1.65 bits per heavy atom. The maximum atomic E-state index is 12.8. The number of halogens is 3. The van der Waals surface area contributed by atoms with E-state index in [-0.39, 0.29) is 11.3 Å². The first-order valence-corrected chi connectivity index (χ1v) is 7.93. The normalized spacial score (nSPS) is 11.5. The summed E-state index contributed by atoms with van der Waals surface area (Å²) in [5, 5.41) is 2.53. The van der Waals surface area contributed by atoms with Crippen molar-refractivity contribution in [2.75, 3.05) is 26.0 Å². The predicted molar refractivity (Wildman–Crippen MR) is 93.3 cm³/mol. The number of rotatable bonds is 6. The quantitative estimate of drug-likeness (QED) is 0.786. The Balaban J connectivity index is 2.12. The molecule has 26 heavy (non-hydrogen) atoms. The number of anilines is 1. The summed E-state index contributed by atoms with van der Waals surface area (Å²) in [6.45, 7) is 0.597. The summed E-state index contributed by atoms with van der Waals surface area (Å²) in [4.78, 5) is 26.3. The summed E-state index contributed by atoms with van der Waals surface area (Å²) in [5.74, 6) is -0.747. The number of carbonyl (C=O) groups excluding carboxylic acids is 2. The Bertz CT molecular complexity index is 801. The summed E-state index contributed by atoms with van der Waals surface area (Å²) < 4.78 is 38.3. The molecule has 1 N–H and O–H groups in total. The van der Waals surface area contributed by atoms with Crippen LogP contribution in [0.2, 0.25) is 0 Å². The van der Waals surface area contributed by atoms with Crippen LogP contribution in [0, 0.1) is 0 Å². The Morgan fingerprint density at radius 1 is 1.00 bits per heavy atom. The molecule has 0 aromatic heterocycles. The number of carbonyl (C=O) groups is 2. The van der Waals surface area contributed by atoms with Crippen molar-refractivity contribution >= 4 is 17.4 Å². The van der Waals surface area contributed by atoms with Gasteiger partial charge in [0.1, 0.15) is 0 Å². The van der Waals surface area contributed by atoms with Crippen LogP contribution in [0.5, 0.6) is 0 Å². The molecule has 0 unspecified atom stereocenters. The zero-order chi connectivity index (χ0) is 19.3. The molecule has 4 nitrogen and oxygen atoms in total. The van der Waals surface area contributed by atoms with Gasteiger partial charge in [-0.25, -0.2) is 0 Å². The standard InChI is InChI=1S/C19H19F3N2O2/c1-24(2)10-9-17(25)13-5-4-8-16(12-13)23-18(26)14-6-3-7-15(11-14)19(20,21)22/h3-8,11-12H,9-10H2,1-2H3,(H,23,26). The van der Waals surface area contributed by atoms with Gasteiger partial charge in [-0.1, -0.05) is 18.2 Å². The summed E-state index contributed by atoms with van der Waals surface area (Å²) >= 11 is 0. The molecule has 1 amide bonds. The third kappa shape index (κ3) is 5.42. The minimum atomic E-state index is -4.52. The van der Waals surface area contributed by atoms with Gasteiger partial charge >= 0.3 is 6.18 Å². The van der Waals surface area contributed by atoms with Gasteiger partial charge in [0, 0.05) is 29.8 Å². The molecule has 2 aromatic rings. The van der Waals surface area contributed by atoms with Crippen molar-refractivity contribution in [3.63, 3.8) is 0 Å². The number of alkyl halides is 3. The molecule has 0 radical (unpaired) electrons. The zero-order valence-corrected chi connectivity index (χ0v) is 14.4. The molecule has 138 valence electrons. The van der Waals surface area contributed by atoms with Crippen LogP contribution in [0.25, 0.3) is 0 Å². The van der Waals surface area contributed by atoms with Crippen molar-refractivity contribution in [2.24, 2.45) is 0 Å².